The van der Waals surface area contributed by atoms with Crippen molar-refractivity contribution in [2.45, 2.75) is 50.0 Å². The van der Waals surface area contributed by atoms with Crippen LogP contribution in [0.25, 0.3) is 0 Å². The average Bonchev–Trinajstić information content (AvgIpc) is 2.94. The summed E-state index contributed by atoms with van der Waals surface area (Å²) in [5, 5.41) is 3.73. The van der Waals surface area contributed by atoms with Crippen LogP contribution in [-0.4, -0.2) is 12.1 Å². The van der Waals surface area contributed by atoms with Gasteiger partial charge in [0.2, 0.25) is 0 Å². The fraction of sp³-hybridized carbons (Fsp3) is 0.400. The number of nitrogens with one attached hydrogen (secondary N) is 1. The van der Waals surface area contributed by atoms with Gasteiger partial charge in [-0.25, -0.2) is 0 Å². The maximum atomic E-state index is 6.58. The molecule has 2 bridgehead atoms. The Balaban J connectivity index is 1.61. The molecule has 0 spiro atoms. The number of ether oxygens (including phenoxy) is 1. The maximum Gasteiger partial charge on any atom is 0.0965 e. The van der Waals surface area contributed by atoms with Gasteiger partial charge in [-0.1, -0.05) is 60.7 Å². The normalized spacial score (nSPS) is 30.4. The molecule has 3 atom stereocenters. The van der Waals surface area contributed by atoms with Crippen molar-refractivity contribution in [3.8, 4) is 0 Å². The molecular formula is C20H23NO. The van der Waals surface area contributed by atoms with Crippen LogP contribution in [0.5, 0.6) is 0 Å². The second-order valence-corrected chi connectivity index (χ2v) is 6.68. The lowest BCUT2D eigenvalue weighted by atomic mass is 9.81. The minimum atomic E-state index is -0.131. The summed E-state index contributed by atoms with van der Waals surface area (Å²) >= 11 is 0. The Morgan fingerprint density at radius 1 is 0.864 bits per heavy atom. The van der Waals surface area contributed by atoms with E-state index in [2.05, 4.69) is 66.0 Å². The lowest BCUT2D eigenvalue weighted by Crippen LogP contribution is -2.48. The van der Waals surface area contributed by atoms with Gasteiger partial charge >= 0.3 is 0 Å². The third-order valence-electron chi connectivity index (χ3n) is 5.15. The SMILES string of the molecule is c1ccc(COC2(c3ccccc3)C[C@H]3CC[C@@H](C2)N3)cc1. The van der Waals surface area contributed by atoms with Gasteiger partial charge in [-0.3, -0.25) is 0 Å². The van der Waals surface area contributed by atoms with E-state index in [1.165, 1.54) is 24.0 Å². The van der Waals surface area contributed by atoms with Crippen LogP contribution in [0.4, 0.5) is 0 Å². The van der Waals surface area contributed by atoms with E-state index >= 15 is 0 Å². The monoisotopic (exact) mass is 293 g/mol. The van der Waals surface area contributed by atoms with Crippen molar-refractivity contribution in [2.75, 3.05) is 0 Å². The predicted molar refractivity (Wildman–Crippen MR) is 88.5 cm³/mol. The van der Waals surface area contributed by atoms with Crippen molar-refractivity contribution >= 4 is 0 Å². The lowest BCUT2D eigenvalue weighted by molar-refractivity contribution is -0.0928. The fourth-order valence-corrected chi connectivity index (χ4v) is 4.08. The van der Waals surface area contributed by atoms with E-state index in [-0.39, 0.29) is 5.60 Å². The molecule has 4 rings (SSSR count). The first-order valence-electron chi connectivity index (χ1n) is 8.34. The molecule has 114 valence electrons. The van der Waals surface area contributed by atoms with Gasteiger partial charge in [-0.2, -0.15) is 0 Å². The van der Waals surface area contributed by atoms with E-state index in [0.717, 1.165) is 12.8 Å². The van der Waals surface area contributed by atoms with E-state index in [1.54, 1.807) is 0 Å². The molecule has 2 aliphatic heterocycles. The van der Waals surface area contributed by atoms with E-state index in [0.29, 0.717) is 18.7 Å². The Kier molecular flexibility index (Phi) is 3.73. The Morgan fingerprint density at radius 3 is 2.09 bits per heavy atom. The number of hydrogen-bond donors (Lipinski definition) is 1. The Morgan fingerprint density at radius 2 is 1.45 bits per heavy atom. The molecule has 22 heavy (non-hydrogen) atoms. The van der Waals surface area contributed by atoms with E-state index < -0.39 is 0 Å². The summed E-state index contributed by atoms with van der Waals surface area (Å²) in [6, 6.07) is 22.5. The average molecular weight is 293 g/mol. The minimum Gasteiger partial charge on any atom is -0.365 e. The van der Waals surface area contributed by atoms with Gasteiger partial charge < -0.3 is 10.1 Å². The van der Waals surface area contributed by atoms with E-state index in [9.17, 15) is 0 Å². The summed E-state index contributed by atoms with van der Waals surface area (Å²) < 4.78 is 6.58. The first-order valence-corrected chi connectivity index (χ1v) is 8.34. The van der Waals surface area contributed by atoms with Crippen molar-refractivity contribution in [1.82, 2.24) is 5.32 Å². The molecule has 0 aliphatic carbocycles. The largest absolute Gasteiger partial charge is 0.365 e. The molecule has 0 aromatic heterocycles. The van der Waals surface area contributed by atoms with Crippen LogP contribution in [0.2, 0.25) is 0 Å². The molecule has 2 nitrogen and oxygen atoms in total. The van der Waals surface area contributed by atoms with E-state index in [1.807, 2.05) is 0 Å². The zero-order chi connectivity index (χ0) is 14.8. The summed E-state index contributed by atoms with van der Waals surface area (Å²) in [5.74, 6) is 0. The maximum absolute atomic E-state index is 6.58. The smallest absolute Gasteiger partial charge is 0.0965 e. The molecule has 1 N–H and O–H groups in total. The van der Waals surface area contributed by atoms with Crippen LogP contribution in [-0.2, 0) is 16.9 Å². The van der Waals surface area contributed by atoms with E-state index in [4.69, 9.17) is 4.74 Å². The fourth-order valence-electron chi connectivity index (χ4n) is 4.08. The van der Waals surface area contributed by atoms with Crippen molar-refractivity contribution in [2.24, 2.45) is 0 Å². The van der Waals surface area contributed by atoms with Crippen LogP contribution in [0.15, 0.2) is 60.7 Å². The van der Waals surface area contributed by atoms with Crippen LogP contribution < -0.4 is 5.32 Å². The molecule has 0 radical (unpaired) electrons. The highest BCUT2D eigenvalue weighted by atomic mass is 16.5. The molecule has 2 heteroatoms. The molecule has 0 amide bonds. The summed E-state index contributed by atoms with van der Waals surface area (Å²) in [6.45, 7) is 0.690. The van der Waals surface area contributed by atoms with Crippen molar-refractivity contribution in [3.63, 3.8) is 0 Å². The number of piperidine rings is 1. The van der Waals surface area contributed by atoms with Gasteiger partial charge in [0.25, 0.3) is 0 Å². The van der Waals surface area contributed by atoms with Crippen molar-refractivity contribution in [3.05, 3.63) is 71.8 Å². The molecule has 2 aromatic carbocycles. The zero-order valence-corrected chi connectivity index (χ0v) is 12.9. The quantitative estimate of drug-likeness (QED) is 0.919. The van der Waals surface area contributed by atoms with Gasteiger partial charge in [0, 0.05) is 12.1 Å². The minimum absolute atomic E-state index is 0.131. The predicted octanol–water partition coefficient (Wildman–Crippen LogP) is 4.01. The second-order valence-electron chi connectivity index (χ2n) is 6.68. The summed E-state index contributed by atoms with van der Waals surface area (Å²) in [4.78, 5) is 0. The lowest BCUT2D eigenvalue weighted by Gasteiger charge is -2.41. The topological polar surface area (TPSA) is 21.3 Å². The first-order chi connectivity index (χ1) is 10.8. The van der Waals surface area contributed by atoms with Crippen LogP contribution in [0, 0.1) is 0 Å². The number of benzene rings is 2. The molecule has 2 saturated heterocycles. The standard InChI is InChI=1S/C20H23NO/c1-3-7-16(8-4-1)15-22-20(17-9-5-2-6-10-17)13-18-11-12-19(14-20)21-18/h1-10,18-19,21H,11-15H2/t18-,19+,20?. The second kappa shape index (κ2) is 5.86. The van der Waals surface area contributed by atoms with Gasteiger partial charge in [0.1, 0.15) is 0 Å². The highest BCUT2D eigenvalue weighted by Crippen LogP contribution is 2.44. The third kappa shape index (κ3) is 2.69. The van der Waals surface area contributed by atoms with Crippen molar-refractivity contribution in [1.29, 1.82) is 0 Å². The van der Waals surface area contributed by atoms with Gasteiger partial charge in [-0.05, 0) is 36.8 Å². The summed E-state index contributed by atoms with van der Waals surface area (Å²) in [6.07, 6.45) is 4.74. The highest BCUT2D eigenvalue weighted by Gasteiger charge is 2.45. The molecule has 2 fully saturated rings. The molecule has 1 unspecified atom stereocenters. The number of rotatable bonds is 4. The number of fused-ring (bicyclic) bond motifs is 2. The zero-order valence-electron chi connectivity index (χ0n) is 12.9. The van der Waals surface area contributed by atoms with Crippen LogP contribution >= 0.6 is 0 Å². The molecule has 0 saturated carbocycles. The van der Waals surface area contributed by atoms with Crippen LogP contribution in [0.3, 0.4) is 0 Å². The number of hydrogen-bond acceptors (Lipinski definition) is 2. The Hall–Kier alpha value is -1.64. The molecule has 2 aromatic rings. The molecule has 2 aliphatic rings. The van der Waals surface area contributed by atoms with Gasteiger partial charge in [0.05, 0.1) is 12.2 Å². The molecular weight excluding hydrogens is 270 g/mol. The van der Waals surface area contributed by atoms with Crippen molar-refractivity contribution < 1.29 is 4.74 Å². The Labute approximate surface area is 132 Å². The van der Waals surface area contributed by atoms with Crippen LogP contribution in [0.1, 0.15) is 36.8 Å². The first kappa shape index (κ1) is 14.0. The summed E-state index contributed by atoms with van der Waals surface area (Å²) in [7, 11) is 0. The Bertz CT molecular complexity index is 598. The highest BCUT2D eigenvalue weighted by molar-refractivity contribution is 5.26. The molecule has 2 heterocycles. The third-order valence-corrected chi connectivity index (χ3v) is 5.15. The summed E-state index contributed by atoms with van der Waals surface area (Å²) in [5.41, 5.74) is 2.46. The van der Waals surface area contributed by atoms with Gasteiger partial charge in [0.15, 0.2) is 0 Å². The van der Waals surface area contributed by atoms with Gasteiger partial charge in [-0.15, -0.1) is 0 Å².